The molecule has 4 aliphatic rings. The van der Waals surface area contributed by atoms with Crippen molar-refractivity contribution in [2.45, 2.75) is 25.3 Å². The summed E-state index contributed by atoms with van der Waals surface area (Å²) in [6, 6.07) is 5.59. The summed E-state index contributed by atoms with van der Waals surface area (Å²) in [5, 5.41) is 17.3. The maximum absolute atomic E-state index is 12.4. The first-order valence-electron chi connectivity index (χ1n) is 12.3. The van der Waals surface area contributed by atoms with Gasteiger partial charge in [-0.2, -0.15) is 4.65 Å². The summed E-state index contributed by atoms with van der Waals surface area (Å²) in [5.41, 5.74) is 1.79. The monoisotopic (exact) mass is 515 g/mol. The Labute approximate surface area is 215 Å². The van der Waals surface area contributed by atoms with Gasteiger partial charge in [-0.25, -0.2) is 20.2 Å². The molecule has 1 fully saturated rings. The molecule has 1 saturated heterocycles. The molecule has 2 N–H and O–H groups in total. The molecule has 6 rings (SSSR count). The zero-order valence-corrected chi connectivity index (χ0v) is 21.2. The van der Waals surface area contributed by atoms with Crippen LogP contribution in [-0.2, 0) is 9.63 Å². The van der Waals surface area contributed by atoms with Crippen molar-refractivity contribution in [3.63, 3.8) is 0 Å². The summed E-state index contributed by atoms with van der Waals surface area (Å²) in [6.07, 6.45) is 7.75. The van der Waals surface area contributed by atoms with Gasteiger partial charge in [0.25, 0.3) is 5.91 Å². The highest BCUT2D eigenvalue weighted by Gasteiger charge is 2.35. The van der Waals surface area contributed by atoms with Crippen molar-refractivity contribution in [2.75, 3.05) is 58.0 Å². The van der Waals surface area contributed by atoms with E-state index < -0.39 is 0 Å². The lowest BCUT2D eigenvalue weighted by Gasteiger charge is -2.39. The Balaban J connectivity index is 1.54. The number of anilines is 1. The lowest BCUT2D eigenvalue weighted by atomic mass is 9.95. The number of hydroxylamine groups is 4. The van der Waals surface area contributed by atoms with Gasteiger partial charge in [0.15, 0.2) is 12.4 Å². The number of hydrogen-bond acceptors (Lipinski definition) is 8. The van der Waals surface area contributed by atoms with Crippen molar-refractivity contribution in [3.8, 4) is 5.75 Å². The van der Waals surface area contributed by atoms with Gasteiger partial charge in [-0.3, -0.25) is 9.63 Å². The number of quaternary nitrogens is 1. The number of hydrogen-bond donors (Lipinski definition) is 2. The van der Waals surface area contributed by atoms with E-state index in [9.17, 15) is 10.0 Å². The van der Waals surface area contributed by atoms with Crippen molar-refractivity contribution in [1.29, 1.82) is 0 Å². The SMILES string of the molecule is CON1c2ncnc3ccc(cc23)OCCCNC(=O)C[N+]2(O)CCN(/C=C3\C=C(Cl)CCC31)CC2. The average molecular weight is 516 g/mol. The topological polar surface area (TPSA) is 100 Å². The first kappa shape index (κ1) is 24.8. The van der Waals surface area contributed by atoms with Crippen LogP contribution in [0.2, 0.25) is 0 Å². The fourth-order valence-corrected chi connectivity index (χ4v) is 5.21. The first-order valence-corrected chi connectivity index (χ1v) is 12.7. The van der Waals surface area contributed by atoms with Gasteiger partial charge in [0.05, 0.1) is 38.4 Å². The molecule has 0 spiro atoms. The largest absolute Gasteiger partial charge is 0.494 e. The number of amides is 1. The molecule has 4 bridgehead atoms. The van der Waals surface area contributed by atoms with Gasteiger partial charge in [0.1, 0.15) is 25.2 Å². The fraction of sp³-hybridized carbons (Fsp3) is 0.480. The van der Waals surface area contributed by atoms with Gasteiger partial charge in [-0.05, 0) is 49.1 Å². The maximum atomic E-state index is 12.4. The molecule has 10 nitrogen and oxygen atoms in total. The van der Waals surface area contributed by atoms with Crippen LogP contribution < -0.4 is 15.1 Å². The van der Waals surface area contributed by atoms with Crippen molar-refractivity contribution in [2.24, 2.45) is 0 Å². The molecule has 1 unspecified atom stereocenters. The number of ether oxygens (including phenoxy) is 1. The number of allylic oxidation sites excluding steroid dienone is 1. The number of rotatable bonds is 1. The molecule has 1 amide bonds. The number of halogens is 1. The Morgan fingerprint density at radius 3 is 2.92 bits per heavy atom. The maximum Gasteiger partial charge on any atom is 0.278 e. The van der Waals surface area contributed by atoms with Crippen LogP contribution in [0.5, 0.6) is 5.75 Å². The molecule has 0 radical (unpaired) electrons. The van der Waals surface area contributed by atoms with Crippen LogP contribution in [0.1, 0.15) is 19.3 Å². The molecular formula is C25H32ClN6O4+. The Morgan fingerprint density at radius 2 is 2.11 bits per heavy atom. The predicted molar refractivity (Wildman–Crippen MR) is 135 cm³/mol. The summed E-state index contributed by atoms with van der Waals surface area (Å²) in [6.45, 7) is 3.10. The molecule has 1 aromatic carbocycles. The molecule has 1 atom stereocenters. The highest BCUT2D eigenvalue weighted by Crippen LogP contribution is 2.35. The minimum atomic E-state index is -0.267. The third-order valence-corrected chi connectivity index (χ3v) is 7.23. The number of nitrogens with zero attached hydrogens (tertiary/aromatic N) is 5. The molecule has 11 heteroatoms. The summed E-state index contributed by atoms with van der Waals surface area (Å²) < 4.78 is 5.69. The summed E-state index contributed by atoms with van der Waals surface area (Å²) >= 11 is 6.48. The van der Waals surface area contributed by atoms with Gasteiger partial charge in [0.2, 0.25) is 0 Å². The second-order valence-electron chi connectivity index (χ2n) is 9.45. The minimum Gasteiger partial charge on any atom is -0.494 e. The summed E-state index contributed by atoms with van der Waals surface area (Å²) in [4.78, 5) is 29.6. The lowest BCUT2D eigenvalue weighted by Crippen LogP contribution is -2.59. The van der Waals surface area contributed by atoms with Crippen molar-refractivity contribution < 1.29 is 24.2 Å². The number of carbonyl (C=O) groups excluding carboxylic acids is 1. The number of piperazine rings is 1. The zero-order valence-electron chi connectivity index (χ0n) is 20.4. The van der Waals surface area contributed by atoms with Gasteiger partial charge in [0, 0.05) is 23.2 Å². The third kappa shape index (κ3) is 5.41. The first-order chi connectivity index (χ1) is 17.4. The van der Waals surface area contributed by atoms with E-state index >= 15 is 0 Å². The summed E-state index contributed by atoms with van der Waals surface area (Å²) in [5.74, 6) is 1.19. The van der Waals surface area contributed by atoms with E-state index in [1.54, 1.807) is 13.4 Å². The fourth-order valence-electron chi connectivity index (χ4n) is 4.98. The number of fused-ring (bicyclic) bond motifs is 8. The van der Waals surface area contributed by atoms with E-state index in [1.165, 1.54) is 0 Å². The highest BCUT2D eigenvalue weighted by atomic mass is 35.5. The molecule has 4 heterocycles. The van der Waals surface area contributed by atoms with E-state index in [4.69, 9.17) is 21.2 Å². The van der Waals surface area contributed by atoms with Crippen LogP contribution in [0.3, 0.4) is 0 Å². The van der Waals surface area contributed by atoms with Crippen molar-refractivity contribution in [3.05, 3.63) is 47.4 Å². The van der Waals surface area contributed by atoms with Crippen LogP contribution in [-0.4, -0.2) is 89.7 Å². The normalized spacial score (nSPS) is 27.2. The highest BCUT2D eigenvalue weighted by molar-refractivity contribution is 6.29. The Morgan fingerprint density at radius 1 is 1.28 bits per heavy atom. The van der Waals surface area contributed by atoms with Gasteiger partial charge in [-0.15, -0.1) is 0 Å². The van der Waals surface area contributed by atoms with E-state index in [1.807, 2.05) is 29.3 Å². The van der Waals surface area contributed by atoms with E-state index in [2.05, 4.69) is 26.4 Å². The third-order valence-electron chi connectivity index (χ3n) is 6.93. The van der Waals surface area contributed by atoms with Crippen molar-refractivity contribution in [1.82, 2.24) is 20.2 Å². The molecule has 36 heavy (non-hydrogen) atoms. The zero-order chi connectivity index (χ0) is 25.1. The number of benzene rings is 1. The minimum absolute atomic E-state index is 0.0434. The Kier molecular flexibility index (Phi) is 7.29. The molecular weight excluding hydrogens is 484 g/mol. The molecule has 192 valence electrons. The summed E-state index contributed by atoms with van der Waals surface area (Å²) in [7, 11) is 1.64. The predicted octanol–water partition coefficient (Wildman–Crippen LogP) is 2.59. The van der Waals surface area contributed by atoms with E-state index in [-0.39, 0.29) is 23.1 Å². The second kappa shape index (κ2) is 10.6. The standard InChI is InChI=1S/C25H31ClN6O4/c1-35-31-23-6-3-19(26)13-18(23)15-30-8-10-32(34,11-9-30)16-24(33)27-7-2-12-36-20-4-5-22-21(14-20)25(31)29-17-28-22/h4-5,13-15,17,23,34H,2-3,6-12,16H2,1H3/p+1/b18-15+. The average Bonchev–Trinajstić information content (AvgIpc) is 2.86. The molecule has 2 aromatic rings. The van der Waals surface area contributed by atoms with Crippen LogP contribution >= 0.6 is 11.6 Å². The van der Waals surface area contributed by atoms with E-state index in [0.29, 0.717) is 57.3 Å². The van der Waals surface area contributed by atoms with Crippen LogP contribution in [0, 0.1) is 0 Å². The van der Waals surface area contributed by atoms with Gasteiger partial charge >= 0.3 is 0 Å². The van der Waals surface area contributed by atoms with Crippen molar-refractivity contribution >= 4 is 34.2 Å². The number of nitrogens with one attached hydrogen (secondary N) is 1. The Bertz CT molecular complexity index is 1180. The van der Waals surface area contributed by atoms with E-state index in [0.717, 1.165) is 34.3 Å². The van der Waals surface area contributed by atoms with Gasteiger partial charge < -0.3 is 15.0 Å². The van der Waals surface area contributed by atoms with Gasteiger partial charge in [-0.1, -0.05) is 11.6 Å². The van der Waals surface area contributed by atoms with Crippen LogP contribution in [0.25, 0.3) is 10.9 Å². The van der Waals surface area contributed by atoms with Crippen LogP contribution in [0.15, 0.2) is 47.4 Å². The quantitative estimate of drug-likeness (QED) is 0.559. The molecule has 3 aliphatic heterocycles. The Hall–Kier alpha value is -2.92. The second-order valence-corrected chi connectivity index (χ2v) is 9.93. The molecule has 1 aliphatic carbocycles. The number of aromatic nitrogens is 2. The molecule has 1 aromatic heterocycles. The lowest BCUT2D eigenvalue weighted by molar-refractivity contribution is -1.10. The van der Waals surface area contributed by atoms with Crippen LogP contribution in [0.4, 0.5) is 5.82 Å². The smallest absolute Gasteiger partial charge is 0.278 e. The molecule has 0 saturated carbocycles. The number of carbonyl (C=O) groups is 1.